The fraction of sp³-hybridized carbons (Fsp3) is 0.158. The van der Waals surface area contributed by atoms with Crippen molar-refractivity contribution in [3.8, 4) is 0 Å². The Morgan fingerprint density at radius 2 is 1.88 bits per heavy atom. The lowest BCUT2D eigenvalue weighted by Gasteiger charge is -2.14. The number of nitrogens with one attached hydrogen (secondary N) is 2. The zero-order valence-corrected chi connectivity index (χ0v) is 14.4. The van der Waals surface area contributed by atoms with Crippen LogP contribution in [0, 0.1) is 6.92 Å². The van der Waals surface area contributed by atoms with Gasteiger partial charge in [-0.15, -0.1) is 0 Å². The summed E-state index contributed by atoms with van der Waals surface area (Å²) in [5.41, 5.74) is 1.98. The van der Waals surface area contributed by atoms with E-state index in [2.05, 4.69) is 15.7 Å². The number of para-hydroxylation sites is 1. The average molecular weight is 350 g/mol. The highest BCUT2D eigenvalue weighted by molar-refractivity contribution is 6.04. The van der Waals surface area contributed by atoms with E-state index in [0.29, 0.717) is 22.2 Å². The van der Waals surface area contributed by atoms with E-state index in [-0.39, 0.29) is 23.8 Å². The van der Waals surface area contributed by atoms with E-state index in [0.717, 1.165) is 5.56 Å². The zero-order valence-electron chi connectivity index (χ0n) is 14.4. The molecule has 0 radical (unpaired) electrons. The summed E-state index contributed by atoms with van der Waals surface area (Å²) in [6.07, 6.45) is 1.19. The number of amides is 2. The van der Waals surface area contributed by atoms with Crippen LogP contribution in [0.25, 0.3) is 10.9 Å². The quantitative estimate of drug-likeness (QED) is 0.749. The molecular weight excluding hydrogens is 332 g/mol. The van der Waals surface area contributed by atoms with E-state index >= 15 is 0 Å². The number of benzene rings is 2. The Bertz CT molecular complexity index is 1060. The molecule has 132 valence electrons. The normalized spacial score (nSPS) is 10.5. The van der Waals surface area contributed by atoms with Gasteiger partial charge in [-0.25, -0.2) is 0 Å². The van der Waals surface area contributed by atoms with Crippen molar-refractivity contribution in [2.24, 2.45) is 0 Å². The van der Waals surface area contributed by atoms with Gasteiger partial charge in [-0.05, 0) is 30.7 Å². The van der Waals surface area contributed by atoms with E-state index in [4.69, 9.17) is 0 Å². The molecule has 0 aliphatic carbocycles. The molecular formula is C19H18N4O3. The molecule has 1 heterocycles. The second-order valence-electron chi connectivity index (χ2n) is 5.81. The van der Waals surface area contributed by atoms with Crippen LogP contribution < -0.4 is 16.1 Å². The van der Waals surface area contributed by atoms with Crippen LogP contribution in [0.15, 0.2) is 53.5 Å². The van der Waals surface area contributed by atoms with E-state index in [1.54, 1.807) is 49.4 Å². The maximum Gasteiger partial charge on any atom is 0.253 e. The van der Waals surface area contributed by atoms with Gasteiger partial charge in [0.25, 0.3) is 5.91 Å². The molecule has 0 atom stereocenters. The van der Waals surface area contributed by atoms with Crippen molar-refractivity contribution < 1.29 is 9.59 Å². The van der Waals surface area contributed by atoms with Gasteiger partial charge in [0.15, 0.2) is 0 Å². The Hall–Kier alpha value is -3.48. The second-order valence-corrected chi connectivity index (χ2v) is 5.81. The first-order valence-corrected chi connectivity index (χ1v) is 8.07. The lowest BCUT2D eigenvalue weighted by Crippen LogP contribution is -2.25. The number of fused-ring (bicyclic) bond motifs is 1. The van der Waals surface area contributed by atoms with Crippen molar-refractivity contribution >= 4 is 28.4 Å². The van der Waals surface area contributed by atoms with Crippen LogP contribution in [0.4, 0.5) is 5.69 Å². The summed E-state index contributed by atoms with van der Waals surface area (Å²) in [7, 11) is 1.54. The number of anilines is 1. The summed E-state index contributed by atoms with van der Waals surface area (Å²) in [5, 5.41) is 9.87. The van der Waals surface area contributed by atoms with Crippen molar-refractivity contribution in [1.29, 1.82) is 0 Å². The Balaban J connectivity index is 1.90. The van der Waals surface area contributed by atoms with Gasteiger partial charge >= 0.3 is 0 Å². The molecule has 26 heavy (non-hydrogen) atoms. The minimum atomic E-state index is -0.345. The number of carbonyl (C=O) groups excluding carboxylic acids is 2. The molecule has 3 rings (SSSR count). The van der Waals surface area contributed by atoms with Gasteiger partial charge in [0.2, 0.25) is 11.3 Å². The van der Waals surface area contributed by atoms with Gasteiger partial charge in [-0.3, -0.25) is 19.1 Å². The number of carbonyl (C=O) groups is 2. The number of rotatable bonds is 4. The van der Waals surface area contributed by atoms with Gasteiger partial charge in [-0.1, -0.05) is 24.3 Å². The fourth-order valence-electron chi connectivity index (χ4n) is 2.81. The first kappa shape index (κ1) is 17.3. The maximum absolute atomic E-state index is 12.5. The predicted octanol–water partition coefficient (Wildman–Crippen LogP) is 1.70. The number of aromatic nitrogens is 2. The second kappa shape index (κ2) is 7.18. The van der Waals surface area contributed by atoms with Crippen LogP contribution in [-0.2, 0) is 11.3 Å². The lowest BCUT2D eigenvalue weighted by atomic mass is 10.1. The molecule has 2 aromatic carbocycles. The molecule has 0 aliphatic rings. The Morgan fingerprint density at radius 3 is 2.65 bits per heavy atom. The van der Waals surface area contributed by atoms with Crippen LogP contribution in [0.3, 0.4) is 0 Å². The molecule has 2 N–H and O–H groups in total. The maximum atomic E-state index is 12.5. The third kappa shape index (κ3) is 3.32. The van der Waals surface area contributed by atoms with Crippen molar-refractivity contribution in [1.82, 2.24) is 15.1 Å². The third-order valence-electron chi connectivity index (χ3n) is 4.06. The van der Waals surface area contributed by atoms with Crippen LogP contribution in [0.1, 0.15) is 15.9 Å². The number of hydrogen-bond acceptors (Lipinski definition) is 4. The van der Waals surface area contributed by atoms with Gasteiger partial charge in [-0.2, -0.15) is 5.10 Å². The van der Waals surface area contributed by atoms with Crippen molar-refractivity contribution in [2.75, 3.05) is 12.4 Å². The number of hydrogen-bond donors (Lipinski definition) is 2. The first-order valence-electron chi connectivity index (χ1n) is 8.07. The molecule has 7 nitrogen and oxygen atoms in total. The SMILES string of the molecule is CNC(=O)c1c(C)cccc1NC(=O)Cn1ncc(=O)c2ccccc21. The van der Waals surface area contributed by atoms with Gasteiger partial charge in [0.05, 0.1) is 23.0 Å². The van der Waals surface area contributed by atoms with Gasteiger partial charge < -0.3 is 10.6 Å². The van der Waals surface area contributed by atoms with E-state index < -0.39 is 0 Å². The lowest BCUT2D eigenvalue weighted by molar-refractivity contribution is -0.116. The average Bonchev–Trinajstić information content (AvgIpc) is 2.64. The van der Waals surface area contributed by atoms with Crippen LogP contribution in [0.5, 0.6) is 0 Å². The fourth-order valence-corrected chi connectivity index (χ4v) is 2.81. The van der Waals surface area contributed by atoms with E-state index in [1.807, 2.05) is 0 Å². The molecule has 0 bridgehead atoms. The largest absolute Gasteiger partial charge is 0.355 e. The molecule has 0 spiro atoms. The molecule has 3 aromatic rings. The van der Waals surface area contributed by atoms with Crippen LogP contribution >= 0.6 is 0 Å². The molecule has 7 heteroatoms. The number of nitrogens with zero attached hydrogens (tertiary/aromatic N) is 2. The monoisotopic (exact) mass is 350 g/mol. The highest BCUT2D eigenvalue weighted by Crippen LogP contribution is 2.19. The number of aryl methyl sites for hydroxylation is 1. The first-order chi connectivity index (χ1) is 12.5. The highest BCUT2D eigenvalue weighted by atomic mass is 16.2. The minimum Gasteiger partial charge on any atom is -0.355 e. The topological polar surface area (TPSA) is 93.1 Å². The standard InChI is InChI=1S/C19H18N4O3/c1-12-6-5-8-14(18(12)19(26)20-2)22-17(25)11-23-15-9-4-3-7-13(15)16(24)10-21-23/h3-10H,11H2,1-2H3,(H,20,26)(H,22,25). The third-order valence-corrected chi connectivity index (χ3v) is 4.06. The summed E-state index contributed by atoms with van der Waals surface area (Å²) < 4.78 is 1.46. The molecule has 0 saturated carbocycles. The molecule has 0 aliphatic heterocycles. The summed E-state index contributed by atoms with van der Waals surface area (Å²) in [5.74, 6) is -0.618. The van der Waals surface area contributed by atoms with E-state index in [9.17, 15) is 14.4 Å². The molecule has 0 unspecified atom stereocenters. The summed E-state index contributed by atoms with van der Waals surface area (Å²) in [6, 6.07) is 12.2. The van der Waals surface area contributed by atoms with Crippen molar-refractivity contribution in [2.45, 2.75) is 13.5 Å². The minimum absolute atomic E-state index is 0.0814. The van der Waals surface area contributed by atoms with Gasteiger partial charge in [0, 0.05) is 12.4 Å². The summed E-state index contributed by atoms with van der Waals surface area (Å²) >= 11 is 0. The van der Waals surface area contributed by atoms with Crippen molar-refractivity contribution in [3.05, 3.63) is 70.0 Å². The summed E-state index contributed by atoms with van der Waals surface area (Å²) in [4.78, 5) is 36.5. The molecule has 2 amide bonds. The summed E-state index contributed by atoms with van der Waals surface area (Å²) in [6.45, 7) is 1.72. The van der Waals surface area contributed by atoms with Gasteiger partial charge in [0.1, 0.15) is 6.54 Å². The smallest absolute Gasteiger partial charge is 0.253 e. The molecule has 0 fully saturated rings. The predicted molar refractivity (Wildman–Crippen MR) is 99.2 cm³/mol. The molecule has 1 aromatic heterocycles. The van der Waals surface area contributed by atoms with Crippen molar-refractivity contribution in [3.63, 3.8) is 0 Å². The van der Waals surface area contributed by atoms with Crippen LogP contribution in [0.2, 0.25) is 0 Å². The van der Waals surface area contributed by atoms with Crippen LogP contribution in [-0.4, -0.2) is 28.6 Å². The van der Waals surface area contributed by atoms with E-state index in [1.165, 1.54) is 17.9 Å². The Labute approximate surface area is 149 Å². The molecule has 0 saturated heterocycles. The highest BCUT2D eigenvalue weighted by Gasteiger charge is 2.15. The Morgan fingerprint density at radius 1 is 1.12 bits per heavy atom. The zero-order chi connectivity index (χ0) is 18.7. The Kier molecular flexibility index (Phi) is 4.79.